The van der Waals surface area contributed by atoms with Gasteiger partial charge in [0.15, 0.2) is 0 Å². The van der Waals surface area contributed by atoms with Gasteiger partial charge in [0.2, 0.25) is 5.82 Å². The molecular weight excluding hydrogens is 462 g/mol. The van der Waals surface area contributed by atoms with Crippen LogP contribution in [0.15, 0.2) is 42.6 Å². The molecule has 0 unspecified atom stereocenters. The van der Waals surface area contributed by atoms with Crippen molar-refractivity contribution in [3.63, 3.8) is 0 Å². The van der Waals surface area contributed by atoms with Gasteiger partial charge in [0, 0.05) is 24.1 Å². The number of tetrazole rings is 1. The number of Topliss-reactive ketones (excluding diaryl/α,β-unsaturated/α-hetero) is 1. The van der Waals surface area contributed by atoms with Crippen LogP contribution in [0.25, 0.3) is 22.5 Å². The van der Waals surface area contributed by atoms with Crippen molar-refractivity contribution >= 4 is 5.78 Å². The van der Waals surface area contributed by atoms with Crippen LogP contribution >= 0.6 is 0 Å². The molecule has 37 heavy (non-hydrogen) atoms. The van der Waals surface area contributed by atoms with E-state index in [1.54, 1.807) is 14.0 Å². The van der Waals surface area contributed by atoms with Crippen LogP contribution in [0.5, 0.6) is 5.75 Å². The summed E-state index contributed by atoms with van der Waals surface area (Å²) >= 11 is 0. The lowest BCUT2D eigenvalue weighted by Gasteiger charge is -2.17. The number of pyridine rings is 1. The maximum Gasteiger partial charge on any atom is 0.204 e. The molecule has 0 spiro atoms. The maximum absolute atomic E-state index is 11.6. The summed E-state index contributed by atoms with van der Waals surface area (Å²) < 4.78 is 5.90. The van der Waals surface area contributed by atoms with Gasteiger partial charge in [-0.15, -0.1) is 10.2 Å². The standard InChI is InChI=1S/C30H31N5O2/c1-17-10-22(30-32-34-35(4)33-30)11-18(2)28(17)26-7-5-6-24-21(8-9-25(24)26)13-20-14-27-29(31-15-20)23(16-37-27)12-19(3)36/h5-7,10-11,14-15,21,23H,8-9,12-13,16H2,1-4H3/t21-,23+/m0/s1. The van der Waals surface area contributed by atoms with Gasteiger partial charge in [-0.05, 0) is 108 Å². The molecule has 0 bridgehead atoms. The Labute approximate surface area is 216 Å². The first-order valence-corrected chi connectivity index (χ1v) is 13.0. The lowest BCUT2D eigenvalue weighted by molar-refractivity contribution is -0.117. The minimum Gasteiger partial charge on any atom is -0.491 e. The molecule has 2 aliphatic rings. The van der Waals surface area contributed by atoms with Gasteiger partial charge >= 0.3 is 0 Å². The molecule has 188 valence electrons. The molecule has 0 saturated carbocycles. The molecule has 0 fully saturated rings. The summed E-state index contributed by atoms with van der Waals surface area (Å²) in [5.74, 6) is 2.21. The van der Waals surface area contributed by atoms with Gasteiger partial charge in [0.25, 0.3) is 0 Å². The normalized spacial score (nSPS) is 17.9. The number of aryl methyl sites for hydroxylation is 3. The van der Waals surface area contributed by atoms with E-state index in [2.05, 4.69) is 65.7 Å². The third-order valence-electron chi connectivity index (χ3n) is 7.74. The molecule has 3 heterocycles. The molecule has 0 radical (unpaired) electrons. The summed E-state index contributed by atoms with van der Waals surface area (Å²) in [4.78, 5) is 17.8. The van der Waals surface area contributed by atoms with Crippen molar-refractivity contribution in [2.24, 2.45) is 7.05 Å². The highest BCUT2D eigenvalue weighted by molar-refractivity contribution is 5.78. The fourth-order valence-corrected chi connectivity index (χ4v) is 6.19. The fraction of sp³-hybridized carbons (Fsp3) is 0.367. The number of fused-ring (bicyclic) bond motifs is 2. The van der Waals surface area contributed by atoms with E-state index in [0.29, 0.717) is 24.8 Å². The van der Waals surface area contributed by atoms with Crippen molar-refractivity contribution in [3.8, 4) is 28.3 Å². The summed E-state index contributed by atoms with van der Waals surface area (Å²) in [6.45, 7) is 6.52. The first-order valence-electron chi connectivity index (χ1n) is 13.0. The number of carbonyl (C=O) groups is 1. The number of nitrogens with zero attached hydrogens (tertiary/aromatic N) is 5. The number of aromatic nitrogens is 5. The Hall–Kier alpha value is -3.87. The van der Waals surface area contributed by atoms with Crippen LogP contribution in [-0.2, 0) is 24.7 Å². The molecular formula is C30H31N5O2. The second-order valence-corrected chi connectivity index (χ2v) is 10.5. The van der Waals surface area contributed by atoms with Crippen molar-refractivity contribution in [2.75, 3.05) is 6.61 Å². The Bertz CT molecular complexity index is 1500. The smallest absolute Gasteiger partial charge is 0.204 e. The molecule has 2 atom stereocenters. The van der Waals surface area contributed by atoms with E-state index in [1.165, 1.54) is 43.7 Å². The minimum atomic E-state index is 0.0823. The van der Waals surface area contributed by atoms with Crippen LogP contribution in [-0.4, -0.2) is 37.6 Å². The zero-order chi connectivity index (χ0) is 25.7. The first kappa shape index (κ1) is 23.5. The number of rotatable bonds is 6. The molecule has 4 aromatic rings. The van der Waals surface area contributed by atoms with Crippen LogP contribution in [0.4, 0.5) is 0 Å². The van der Waals surface area contributed by atoms with E-state index in [1.807, 2.05) is 6.20 Å². The van der Waals surface area contributed by atoms with Crippen LogP contribution in [0.2, 0.25) is 0 Å². The lowest BCUT2D eigenvalue weighted by Crippen LogP contribution is -2.06. The first-order chi connectivity index (χ1) is 17.9. The molecule has 1 aliphatic carbocycles. The van der Waals surface area contributed by atoms with Gasteiger partial charge in [-0.2, -0.15) is 4.80 Å². The van der Waals surface area contributed by atoms with Crippen molar-refractivity contribution in [1.82, 2.24) is 25.2 Å². The van der Waals surface area contributed by atoms with Crippen molar-refractivity contribution < 1.29 is 9.53 Å². The van der Waals surface area contributed by atoms with Gasteiger partial charge in [-0.25, -0.2) is 0 Å². The SMILES string of the molecule is CC(=O)C[C@@H]1COc2cc(C[C@@H]3CCc4c(-c5c(C)cc(-c6nnn(C)n6)cc5C)cccc43)cnc21. The average Bonchev–Trinajstić information content (AvgIpc) is 3.58. The topological polar surface area (TPSA) is 82.8 Å². The Morgan fingerprint density at radius 2 is 1.95 bits per heavy atom. The van der Waals surface area contributed by atoms with Crippen LogP contribution in [0, 0.1) is 13.8 Å². The van der Waals surface area contributed by atoms with Crippen LogP contribution in [0.3, 0.4) is 0 Å². The highest BCUT2D eigenvalue weighted by Gasteiger charge is 2.29. The number of hydrogen-bond donors (Lipinski definition) is 0. The monoisotopic (exact) mass is 493 g/mol. The Balaban J connectivity index is 1.28. The third-order valence-corrected chi connectivity index (χ3v) is 7.74. The van der Waals surface area contributed by atoms with Gasteiger partial charge in [0.1, 0.15) is 11.5 Å². The number of hydrogen-bond acceptors (Lipinski definition) is 6. The van der Waals surface area contributed by atoms with Crippen molar-refractivity contribution in [1.29, 1.82) is 0 Å². The van der Waals surface area contributed by atoms with E-state index >= 15 is 0 Å². The Morgan fingerprint density at radius 1 is 1.14 bits per heavy atom. The fourth-order valence-electron chi connectivity index (χ4n) is 6.19. The predicted molar refractivity (Wildman–Crippen MR) is 142 cm³/mol. The highest BCUT2D eigenvalue weighted by Crippen LogP contribution is 2.43. The van der Waals surface area contributed by atoms with Crippen LogP contribution in [0.1, 0.15) is 65.1 Å². The van der Waals surface area contributed by atoms with E-state index in [4.69, 9.17) is 9.72 Å². The molecule has 0 N–H and O–H groups in total. The molecule has 6 rings (SSSR count). The number of benzene rings is 2. The molecule has 0 saturated heterocycles. The molecule has 2 aromatic carbocycles. The van der Waals surface area contributed by atoms with E-state index < -0.39 is 0 Å². The number of ether oxygens (including phenoxy) is 1. The zero-order valence-corrected chi connectivity index (χ0v) is 21.8. The average molecular weight is 494 g/mol. The lowest BCUT2D eigenvalue weighted by atomic mass is 9.87. The summed E-state index contributed by atoms with van der Waals surface area (Å²) in [5, 5.41) is 12.6. The second-order valence-electron chi connectivity index (χ2n) is 10.5. The molecule has 7 heteroatoms. The van der Waals surface area contributed by atoms with Gasteiger partial charge < -0.3 is 9.53 Å². The maximum atomic E-state index is 11.6. The quantitative estimate of drug-likeness (QED) is 0.363. The Morgan fingerprint density at radius 3 is 2.68 bits per heavy atom. The minimum absolute atomic E-state index is 0.0823. The van der Waals surface area contributed by atoms with E-state index in [0.717, 1.165) is 36.3 Å². The third kappa shape index (κ3) is 4.32. The van der Waals surface area contributed by atoms with E-state index in [9.17, 15) is 4.79 Å². The van der Waals surface area contributed by atoms with E-state index in [-0.39, 0.29) is 11.7 Å². The molecule has 0 amide bonds. The number of ketones is 1. The molecule has 2 aromatic heterocycles. The Kier molecular flexibility index (Phi) is 5.86. The second kappa shape index (κ2) is 9.21. The van der Waals surface area contributed by atoms with Gasteiger partial charge in [-0.1, -0.05) is 18.2 Å². The summed E-state index contributed by atoms with van der Waals surface area (Å²) in [5.41, 5.74) is 11.1. The summed E-state index contributed by atoms with van der Waals surface area (Å²) in [6, 6.07) is 13.2. The van der Waals surface area contributed by atoms with Crippen molar-refractivity contribution in [3.05, 3.63) is 76.1 Å². The highest BCUT2D eigenvalue weighted by atomic mass is 16.5. The van der Waals surface area contributed by atoms with Crippen LogP contribution < -0.4 is 4.74 Å². The van der Waals surface area contributed by atoms with Gasteiger partial charge in [-0.3, -0.25) is 4.98 Å². The molecule has 1 aliphatic heterocycles. The number of carbonyl (C=O) groups excluding carboxylic acids is 1. The van der Waals surface area contributed by atoms with Crippen molar-refractivity contribution in [2.45, 2.75) is 58.3 Å². The summed E-state index contributed by atoms with van der Waals surface area (Å²) in [6.07, 6.45) is 5.60. The van der Waals surface area contributed by atoms with Gasteiger partial charge in [0.05, 0.1) is 19.3 Å². The predicted octanol–water partition coefficient (Wildman–Crippen LogP) is 5.28. The largest absolute Gasteiger partial charge is 0.491 e. The zero-order valence-electron chi connectivity index (χ0n) is 21.8. The molecule has 7 nitrogen and oxygen atoms in total. The summed E-state index contributed by atoms with van der Waals surface area (Å²) in [7, 11) is 1.78.